The smallest absolute Gasteiger partial charge is 0.744 e. The van der Waals surface area contributed by atoms with Crippen molar-refractivity contribution in [3.63, 3.8) is 0 Å². The molecule has 0 saturated carbocycles. The first-order chi connectivity index (χ1) is 17.1. The molecule has 0 aliphatic rings. The molecule has 0 aromatic heterocycles. The summed E-state index contributed by atoms with van der Waals surface area (Å²) in [6.45, 7) is 0. The Labute approximate surface area is 234 Å². The molecular formula is C19H9F16NaO3S. The Hall–Kier alpha value is -1.51. The number of hydrogen-bond acceptors (Lipinski definition) is 3. The van der Waals surface area contributed by atoms with Crippen LogP contribution in [0.2, 0.25) is 0 Å². The van der Waals surface area contributed by atoms with Gasteiger partial charge in [-0.3, -0.25) is 0 Å². The number of halogens is 16. The van der Waals surface area contributed by atoms with Crippen molar-refractivity contribution >= 4 is 20.9 Å². The minimum atomic E-state index is -8.50. The van der Waals surface area contributed by atoms with Crippen LogP contribution in [-0.2, 0) is 16.5 Å². The van der Waals surface area contributed by atoms with Gasteiger partial charge in [0, 0.05) is 6.42 Å². The van der Waals surface area contributed by atoms with Crippen molar-refractivity contribution in [1.29, 1.82) is 0 Å². The first kappa shape index (κ1) is 36.5. The molecule has 2 aromatic rings. The second kappa shape index (κ2) is 10.6. The SMILES string of the molecule is O=S(=O)([O-])c1ccc2c(CC(F)(F)C(F)(F)C(F)(F)C(F)(F)C(F)(F)C(F)(F)C(F)(F)C(F)F)cccc2c1.[Na+]. The molecule has 0 saturated heterocycles. The topological polar surface area (TPSA) is 57.2 Å². The van der Waals surface area contributed by atoms with E-state index in [2.05, 4.69) is 0 Å². The van der Waals surface area contributed by atoms with E-state index in [4.69, 9.17) is 0 Å². The second-order valence-corrected chi connectivity index (χ2v) is 9.31. The summed E-state index contributed by atoms with van der Waals surface area (Å²) in [7, 11) is -5.18. The van der Waals surface area contributed by atoms with Crippen molar-refractivity contribution in [2.75, 3.05) is 0 Å². The fourth-order valence-corrected chi connectivity index (χ4v) is 3.66. The molecule has 0 heterocycles. The first-order valence-electron chi connectivity index (χ1n) is 9.51. The van der Waals surface area contributed by atoms with Gasteiger partial charge in [0.1, 0.15) is 10.1 Å². The third-order valence-corrected chi connectivity index (χ3v) is 6.20. The van der Waals surface area contributed by atoms with Crippen LogP contribution in [0.25, 0.3) is 10.8 Å². The average Bonchev–Trinajstić information content (AvgIpc) is 2.77. The van der Waals surface area contributed by atoms with Crippen molar-refractivity contribution < 1.29 is 113 Å². The maximum absolute atomic E-state index is 14.3. The molecule has 0 spiro atoms. The predicted octanol–water partition coefficient (Wildman–Crippen LogP) is 4.00. The van der Waals surface area contributed by atoms with E-state index in [1.807, 2.05) is 0 Å². The van der Waals surface area contributed by atoms with E-state index in [0.29, 0.717) is 30.3 Å². The standard InChI is InChI=1S/C19H10F16O3S.Na/c20-12(21)14(24,25)16(28,29)18(32,33)19(34,35)17(30,31)15(26,27)13(22,23)7-9-3-1-2-8-6-10(39(36,37)38)4-5-11(8)9;/h1-6,12H,7H2,(H,36,37,38);/q;+1/p-1. The molecule has 0 unspecified atom stereocenters. The zero-order valence-electron chi connectivity index (χ0n) is 18.9. The molecule has 3 nitrogen and oxygen atoms in total. The Kier molecular flexibility index (Phi) is 9.71. The maximum Gasteiger partial charge on any atom is 1.00 e. The quantitative estimate of drug-likeness (QED) is 0.224. The fraction of sp³-hybridized carbons (Fsp3) is 0.474. The Bertz CT molecular complexity index is 1340. The Balaban J connectivity index is 0.00000800. The molecule has 0 aliphatic carbocycles. The van der Waals surface area contributed by atoms with E-state index in [1.54, 1.807) is 0 Å². The third-order valence-electron chi connectivity index (χ3n) is 5.37. The van der Waals surface area contributed by atoms with Crippen molar-refractivity contribution in [3.8, 4) is 0 Å². The van der Waals surface area contributed by atoms with Crippen LogP contribution < -0.4 is 29.6 Å². The van der Waals surface area contributed by atoms with Crippen LogP contribution in [-0.4, -0.2) is 60.9 Å². The van der Waals surface area contributed by atoms with Crippen molar-refractivity contribution in [2.24, 2.45) is 0 Å². The van der Waals surface area contributed by atoms with Gasteiger partial charge in [0.25, 0.3) is 0 Å². The zero-order chi connectivity index (χ0) is 30.8. The van der Waals surface area contributed by atoms with Crippen molar-refractivity contribution in [1.82, 2.24) is 0 Å². The van der Waals surface area contributed by atoms with Gasteiger partial charge in [0.2, 0.25) is 0 Å². The normalized spacial score (nSPS) is 14.9. The molecule has 0 fully saturated rings. The summed E-state index contributed by atoms with van der Waals surface area (Å²) in [6.07, 6.45) is -8.69. The number of rotatable bonds is 10. The summed E-state index contributed by atoms with van der Waals surface area (Å²) in [5, 5.41) is -1.19. The Morgan fingerprint density at radius 3 is 1.57 bits per heavy atom. The number of alkyl halides is 16. The van der Waals surface area contributed by atoms with Gasteiger partial charge in [0.15, 0.2) is 0 Å². The minimum Gasteiger partial charge on any atom is -0.744 e. The molecule has 21 heteroatoms. The van der Waals surface area contributed by atoms with E-state index in [0.717, 1.165) is 6.07 Å². The summed E-state index contributed by atoms with van der Waals surface area (Å²) in [5.41, 5.74) is -1.19. The molecule has 0 N–H and O–H groups in total. The molecule has 222 valence electrons. The zero-order valence-corrected chi connectivity index (χ0v) is 21.7. The largest absolute Gasteiger partial charge is 1.00 e. The monoisotopic (exact) mass is 644 g/mol. The van der Waals surface area contributed by atoms with Crippen LogP contribution in [0.1, 0.15) is 5.56 Å². The van der Waals surface area contributed by atoms with Gasteiger partial charge in [-0.05, 0) is 28.5 Å². The maximum atomic E-state index is 14.3. The number of benzene rings is 2. The van der Waals surface area contributed by atoms with Crippen LogP contribution in [0.5, 0.6) is 0 Å². The summed E-state index contributed by atoms with van der Waals surface area (Å²) in [6, 6.07) is 3.43. The first-order valence-corrected chi connectivity index (χ1v) is 10.9. The summed E-state index contributed by atoms with van der Waals surface area (Å²) >= 11 is 0. The van der Waals surface area contributed by atoms with E-state index in [1.165, 1.54) is 0 Å². The minimum absolute atomic E-state index is 0. The van der Waals surface area contributed by atoms with Crippen LogP contribution >= 0.6 is 0 Å². The molecule has 0 amide bonds. The molecule has 2 rings (SSSR count). The summed E-state index contributed by atoms with van der Waals surface area (Å²) in [5.74, 6) is -55.2. The molecule has 0 aliphatic heterocycles. The number of fused-ring (bicyclic) bond motifs is 1. The van der Waals surface area contributed by atoms with E-state index in [-0.39, 0.29) is 29.6 Å². The van der Waals surface area contributed by atoms with Crippen LogP contribution in [0.3, 0.4) is 0 Å². The molecule has 0 atom stereocenters. The third kappa shape index (κ3) is 5.37. The van der Waals surface area contributed by atoms with E-state index < -0.39 is 85.7 Å². The molecular weight excluding hydrogens is 635 g/mol. The Morgan fingerprint density at radius 1 is 0.675 bits per heavy atom. The van der Waals surface area contributed by atoms with Gasteiger partial charge in [-0.2, -0.15) is 61.5 Å². The van der Waals surface area contributed by atoms with Crippen molar-refractivity contribution in [2.45, 2.75) is 59.2 Å². The summed E-state index contributed by atoms with van der Waals surface area (Å²) in [4.78, 5) is -1.00. The average molecular weight is 644 g/mol. The van der Waals surface area contributed by atoms with Crippen LogP contribution in [0, 0.1) is 0 Å². The van der Waals surface area contributed by atoms with Crippen molar-refractivity contribution in [3.05, 3.63) is 42.0 Å². The molecule has 2 aromatic carbocycles. The van der Waals surface area contributed by atoms with Gasteiger partial charge in [0.05, 0.1) is 4.90 Å². The van der Waals surface area contributed by atoms with E-state index >= 15 is 0 Å². The van der Waals surface area contributed by atoms with Gasteiger partial charge in [-0.15, -0.1) is 0 Å². The Morgan fingerprint density at radius 2 is 1.12 bits per heavy atom. The van der Waals surface area contributed by atoms with Gasteiger partial charge >= 0.3 is 77.4 Å². The number of hydrogen-bond donors (Lipinski definition) is 0. The molecule has 40 heavy (non-hydrogen) atoms. The van der Waals surface area contributed by atoms with Gasteiger partial charge in [-0.25, -0.2) is 17.2 Å². The molecule has 0 radical (unpaired) electrons. The predicted molar refractivity (Wildman–Crippen MR) is 96.2 cm³/mol. The second-order valence-electron chi connectivity index (χ2n) is 7.93. The van der Waals surface area contributed by atoms with Gasteiger partial charge in [-0.1, -0.05) is 24.3 Å². The van der Waals surface area contributed by atoms with Crippen LogP contribution in [0.15, 0.2) is 41.3 Å². The summed E-state index contributed by atoms with van der Waals surface area (Å²) < 4.78 is 249. The molecule has 0 bridgehead atoms. The van der Waals surface area contributed by atoms with Gasteiger partial charge < -0.3 is 4.55 Å². The van der Waals surface area contributed by atoms with E-state index in [9.17, 15) is 83.2 Å². The van der Waals surface area contributed by atoms with Crippen LogP contribution in [0.4, 0.5) is 70.2 Å². The fourth-order valence-electron chi connectivity index (χ4n) is 3.16.